The number of hydrogen-bond donors (Lipinski definition) is 1. The highest BCUT2D eigenvalue weighted by Crippen LogP contribution is 2.12. The molecule has 0 spiro atoms. The molecule has 3 aromatic rings. The molecule has 130 valence electrons. The Morgan fingerprint density at radius 2 is 2.08 bits per heavy atom. The summed E-state index contributed by atoms with van der Waals surface area (Å²) in [5, 5.41) is 12.0. The molecule has 3 rings (SSSR count). The fourth-order valence-corrected chi connectivity index (χ4v) is 2.76. The van der Waals surface area contributed by atoms with Crippen molar-refractivity contribution < 1.29 is 4.79 Å². The Morgan fingerprint density at radius 3 is 2.80 bits per heavy atom. The van der Waals surface area contributed by atoms with Crippen LogP contribution in [0, 0.1) is 13.8 Å². The molecular formula is C17H19ClN6O. The van der Waals surface area contributed by atoms with E-state index in [4.69, 9.17) is 11.6 Å². The van der Waals surface area contributed by atoms with E-state index in [0.29, 0.717) is 30.5 Å². The van der Waals surface area contributed by atoms with E-state index in [2.05, 4.69) is 20.5 Å². The van der Waals surface area contributed by atoms with E-state index in [-0.39, 0.29) is 5.91 Å². The molecule has 2 aromatic heterocycles. The second kappa shape index (κ2) is 7.48. The lowest BCUT2D eigenvalue weighted by atomic mass is 10.2. The average molecular weight is 359 g/mol. The largest absolute Gasteiger partial charge is 0.293 e. The molecule has 1 amide bonds. The van der Waals surface area contributed by atoms with Crippen LogP contribution in [0.5, 0.6) is 0 Å². The second-order valence-electron chi connectivity index (χ2n) is 5.84. The van der Waals surface area contributed by atoms with Crippen molar-refractivity contribution in [2.24, 2.45) is 0 Å². The number of aromatic nitrogens is 5. The van der Waals surface area contributed by atoms with Gasteiger partial charge in [-0.05, 0) is 37.6 Å². The lowest BCUT2D eigenvalue weighted by molar-refractivity contribution is -0.116. The molecule has 0 saturated heterocycles. The van der Waals surface area contributed by atoms with Gasteiger partial charge in [0.1, 0.15) is 6.33 Å². The Balaban J connectivity index is 1.54. The Labute approximate surface area is 150 Å². The first kappa shape index (κ1) is 17.2. The molecule has 0 unspecified atom stereocenters. The first-order valence-electron chi connectivity index (χ1n) is 7.94. The maximum Gasteiger partial charge on any atom is 0.248 e. The number of aryl methyl sites for hydroxylation is 3. The molecule has 0 aliphatic carbocycles. The van der Waals surface area contributed by atoms with Gasteiger partial charge in [-0.1, -0.05) is 23.7 Å². The number of benzene rings is 1. The van der Waals surface area contributed by atoms with Crippen molar-refractivity contribution in [3.8, 4) is 0 Å². The third-order valence-electron chi connectivity index (χ3n) is 3.68. The van der Waals surface area contributed by atoms with Crippen molar-refractivity contribution in [1.82, 2.24) is 24.5 Å². The molecule has 7 nitrogen and oxygen atoms in total. The van der Waals surface area contributed by atoms with Crippen molar-refractivity contribution in [2.45, 2.75) is 33.4 Å². The van der Waals surface area contributed by atoms with Crippen LogP contribution in [0.3, 0.4) is 0 Å². The maximum atomic E-state index is 12.1. The van der Waals surface area contributed by atoms with E-state index in [0.717, 1.165) is 17.0 Å². The van der Waals surface area contributed by atoms with Crippen molar-refractivity contribution in [2.75, 3.05) is 5.32 Å². The Morgan fingerprint density at radius 1 is 1.24 bits per heavy atom. The van der Waals surface area contributed by atoms with Crippen LogP contribution in [0.2, 0.25) is 5.02 Å². The number of amides is 1. The number of nitrogens with zero attached hydrogens (tertiary/aromatic N) is 5. The van der Waals surface area contributed by atoms with Crippen molar-refractivity contribution in [3.05, 3.63) is 58.6 Å². The highest BCUT2D eigenvalue weighted by atomic mass is 35.5. The van der Waals surface area contributed by atoms with Crippen molar-refractivity contribution in [3.63, 3.8) is 0 Å². The van der Waals surface area contributed by atoms with E-state index in [1.165, 1.54) is 0 Å². The molecule has 1 N–H and O–H groups in total. The number of rotatable bonds is 6. The van der Waals surface area contributed by atoms with Crippen LogP contribution in [0.4, 0.5) is 5.95 Å². The molecule has 1 aromatic carbocycles. The molecular weight excluding hydrogens is 340 g/mol. The fraction of sp³-hybridized carbons (Fsp3) is 0.294. The summed E-state index contributed by atoms with van der Waals surface area (Å²) in [6.07, 6.45) is 1.89. The molecule has 8 heteroatoms. The lowest BCUT2D eigenvalue weighted by Gasteiger charge is -2.04. The summed E-state index contributed by atoms with van der Waals surface area (Å²) in [5.41, 5.74) is 2.99. The van der Waals surface area contributed by atoms with E-state index in [1.807, 2.05) is 48.9 Å². The topological polar surface area (TPSA) is 77.6 Å². The Bertz CT molecular complexity index is 885. The van der Waals surface area contributed by atoms with Gasteiger partial charge in [-0.25, -0.2) is 9.67 Å². The van der Waals surface area contributed by atoms with Gasteiger partial charge in [0.05, 0.1) is 12.2 Å². The van der Waals surface area contributed by atoms with E-state index >= 15 is 0 Å². The minimum absolute atomic E-state index is 0.145. The van der Waals surface area contributed by atoms with Gasteiger partial charge in [0, 0.05) is 23.7 Å². The van der Waals surface area contributed by atoms with Gasteiger partial charge < -0.3 is 0 Å². The number of halogens is 1. The van der Waals surface area contributed by atoms with E-state index in [9.17, 15) is 4.79 Å². The lowest BCUT2D eigenvalue weighted by Crippen LogP contribution is -2.16. The summed E-state index contributed by atoms with van der Waals surface area (Å²) in [6.45, 7) is 4.96. The third kappa shape index (κ3) is 4.67. The normalized spacial score (nSPS) is 10.8. The second-order valence-corrected chi connectivity index (χ2v) is 6.28. The minimum atomic E-state index is -0.145. The number of hydrogen-bond acceptors (Lipinski definition) is 4. The average Bonchev–Trinajstić information content (AvgIpc) is 3.11. The van der Waals surface area contributed by atoms with Gasteiger partial charge >= 0.3 is 0 Å². The van der Waals surface area contributed by atoms with Crippen molar-refractivity contribution in [1.29, 1.82) is 0 Å². The number of nitrogens with one attached hydrogen (secondary N) is 1. The van der Waals surface area contributed by atoms with Gasteiger partial charge in [-0.15, -0.1) is 5.10 Å². The van der Waals surface area contributed by atoms with Gasteiger partial charge in [-0.2, -0.15) is 5.10 Å². The Hall–Kier alpha value is -2.67. The minimum Gasteiger partial charge on any atom is -0.293 e. The van der Waals surface area contributed by atoms with Gasteiger partial charge in [0.15, 0.2) is 0 Å². The molecule has 0 atom stereocenters. The molecule has 0 fully saturated rings. The molecule has 0 aliphatic rings. The van der Waals surface area contributed by atoms with Gasteiger partial charge in [-0.3, -0.25) is 14.8 Å². The summed E-state index contributed by atoms with van der Waals surface area (Å²) >= 11 is 5.97. The first-order chi connectivity index (χ1) is 12.0. The summed E-state index contributed by atoms with van der Waals surface area (Å²) in [7, 11) is 0. The molecule has 25 heavy (non-hydrogen) atoms. The predicted octanol–water partition coefficient (Wildman–Crippen LogP) is 2.82. The summed E-state index contributed by atoms with van der Waals surface area (Å²) in [4.78, 5) is 16.2. The molecule has 0 saturated carbocycles. The summed E-state index contributed by atoms with van der Waals surface area (Å²) in [6, 6.07) is 9.52. The van der Waals surface area contributed by atoms with E-state index < -0.39 is 0 Å². The predicted molar refractivity (Wildman–Crippen MR) is 95.5 cm³/mol. The highest BCUT2D eigenvalue weighted by Gasteiger charge is 2.09. The highest BCUT2D eigenvalue weighted by molar-refractivity contribution is 6.30. The molecule has 2 heterocycles. The standard InChI is InChI=1S/C17H19ClN6O/c1-12-8-13(2)24(21-12)7-6-16(25)20-17-19-11-23(22-17)10-14-4-3-5-15(18)9-14/h3-5,8-9,11H,6-7,10H2,1-2H3,(H,20,22,25). The molecule has 0 bridgehead atoms. The van der Waals surface area contributed by atoms with Crippen LogP contribution in [-0.2, 0) is 17.9 Å². The zero-order chi connectivity index (χ0) is 17.8. The number of anilines is 1. The van der Waals surface area contributed by atoms with Gasteiger partial charge in [0.25, 0.3) is 0 Å². The zero-order valence-corrected chi connectivity index (χ0v) is 14.9. The SMILES string of the molecule is Cc1cc(C)n(CCC(=O)Nc2ncn(Cc3cccc(Cl)c3)n2)n1. The van der Waals surface area contributed by atoms with Crippen LogP contribution in [-0.4, -0.2) is 30.5 Å². The summed E-state index contributed by atoms with van der Waals surface area (Å²) < 4.78 is 3.47. The van der Waals surface area contributed by atoms with E-state index in [1.54, 1.807) is 11.0 Å². The summed E-state index contributed by atoms with van der Waals surface area (Å²) in [5.74, 6) is 0.147. The molecule has 0 aliphatic heterocycles. The van der Waals surface area contributed by atoms with Crippen LogP contribution >= 0.6 is 11.6 Å². The first-order valence-corrected chi connectivity index (χ1v) is 8.32. The molecule has 0 radical (unpaired) electrons. The number of carbonyl (C=O) groups is 1. The van der Waals surface area contributed by atoms with Gasteiger partial charge in [0.2, 0.25) is 11.9 Å². The zero-order valence-electron chi connectivity index (χ0n) is 14.1. The van der Waals surface area contributed by atoms with Crippen LogP contribution in [0.15, 0.2) is 36.7 Å². The third-order valence-corrected chi connectivity index (χ3v) is 3.91. The quantitative estimate of drug-likeness (QED) is 0.735. The number of carbonyl (C=O) groups excluding carboxylic acids is 1. The van der Waals surface area contributed by atoms with Crippen molar-refractivity contribution >= 4 is 23.5 Å². The van der Waals surface area contributed by atoms with Crippen LogP contribution in [0.1, 0.15) is 23.4 Å². The van der Waals surface area contributed by atoms with Crippen LogP contribution < -0.4 is 5.32 Å². The maximum absolute atomic E-state index is 12.1. The fourth-order valence-electron chi connectivity index (χ4n) is 2.55. The smallest absolute Gasteiger partial charge is 0.248 e. The van der Waals surface area contributed by atoms with Crippen LogP contribution in [0.25, 0.3) is 0 Å². The Kier molecular flexibility index (Phi) is 5.14. The monoisotopic (exact) mass is 358 g/mol.